The van der Waals surface area contributed by atoms with Crippen molar-refractivity contribution in [2.75, 3.05) is 5.32 Å². The summed E-state index contributed by atoms with van der Waals surface area (Å²) in [5.74, 6) is 0.157. The first-order valence-electron chi connectivity index (χ1n) is 9.02. The van der Waals surface area contributed by atoms with Gasteiger partial charge in [-0.05, 0) is 23.8 Å². The Labute approximate surface area is 167 Å². The third kappa shape index (κ3) is 2.79. The van der Waals surface area contributed by atoms with Crippen molar-refractivity contribution >= 4 is 23.2 Å². The standard InChI is InChI=1S/C23H16ClN3O/c24-16-11-12-18-17(13-16)19(23(28)25-18)21-20(14-7-3-1-4-8-14)26-22(27-21)15-9-5-2-6-10-15/h1-13,19H,(H,25,28)(H,26,27). The Morgan fingerprint density at radius 2 is 1.54 bits per heavy atom. The summed E-state index contributed by atoms with van der Waals surface area (Å²) in [6.07, 6.45) is 0. The maximum atomic E-state index is 12.9. The predicted molar refractivity (Wildman–Crippen MR) is 111 cm³/mol. The van der Waals surface area contributed by atoms with E-state index in [0.29, 0.717) is 5.02 Å². The van der Waals surface area contributed by atoms with Gasteiger partial charge in [0.2, 0.25) is 5.91 Å². The summed E-state index contributed by atoms with van der Waals surface area (Å²) >= 11 is 6.22. The molecular weight excluding hydrogens is 370 g/mol. The van der Waals surface area contributed by atoms with E-state index in [2.05, 4.69) is 10.3 Å². The van der Waals surface area contributed by atoms with Crippen LogP contribution < -0.4 is 5.32 Å². The number of hydrogen-bond donors (Lipinski definition) is 2. The van der Waals surface area contributed by atoms with Crippen LogP contribution in [0.1, 0.15) is 17.2 Å². The number of fused-ring (bicyclic) bond motifs is 1. The number of nitrogens with one attached hydrogen (secondary N) is 2. The summed E-state index contributed by atoms with van der Waals surface area (Å²) in [5.41, 5.74) is 5.11. The highest BCUT2D eigenvalue weighted by molar-refractivity contribution is 6.31. The largest absolute Gasteiger partial charge is 0.340 e. The second-order valence-electron chi connectivity index (χ2n) is 6.73. The molecule has 1 aromatic heterocycles. The monoisotopic (exact) mass is 385 g/mol. The molecule has 0 aliphatic carbocycles. The third-order valence-corrected chi connectivity index (χ3v) is 5.19. The molecule has 5 heteroatoms. The van der Waals surface area contributed by atoms with E-state index in [1.54, 1.807) is 6.07 Å². The normalized spacial score (nSPS) is 15.3. The minimum atomic E-state index is -0.492. The van der Waals surface area contributed by atoms with Crippen LogP contribution in [0.15, 0.2) is 78.9 Å². The minimum Gasteiger partial charge on any atom is -0.340 e. The maximum Gasteiger partial charge on any atom is 0.238 e. The van der Waals surface area contributed by atoms with Crippen molar-refractivity contribution in [1.29, 1.82) is 0 Å². The van der Waals surface area contributed by atoms with Gasteiger partial charge in [-0.15, -0.1) is 0 Å². The lowest BCUT2D eigenvalue weighted by atomic mass is 9.94. The lowest BCUT2D eigenvalue weighted by Crippen LogP contribution is -2.14. The number of nitrogens with zero attached hydrogens (tertiary/aromatic N) is 1. The van der Waals surface area contributed by atoms with Crippen molar-refractivity contribution in [1.82, 2.24) is 9.97 Å². The van der Waals surface area contributed by atoms with Crippen LogP contribution in [0.4, 0.5) is 5.69 Å². The number of aromatic nitrogens is 2. The number of benzene rings is 3. The molecule has 0 radical (unpaired) electrons. The van der Waals surface area contributed by atoms with Gasteiger partial charge in [0.15, 0.2) is 0 Å². The second-order valence-corrected chi connectivity index (χ2v) is 7.17. The highest BCUT2D eigenvalue weighted by atomic mass is 35.5. The van der Waals surface area contributed by atoms with Crippen LogP contribution in [0.2, 0.25) is 5.02 Å². The van der Waals surface area contributed by atoms with E-state index in [4.69, 9.17) is 16.6 Å². The van der Waals surface area contributed by atoms with E-state index in [0.717, 1.165) is 39.6 Å². The van der Waals surface area contributed by atoms with E-state index in [1.165, 1.54) is 0 Å². The number of carbonyl (C=O) groups excluding carboxylic acids is 1. The van der Waals surface area contributed by atoms with Crippen LogP contribution in [0.5, 0.6) is 0 Å². The fraction of sp³-hybridized carbons (Fsp3) is 0.0435. The number of halogens is 1. The van der Waals surface area contributed by atoms with Gasteiger partial charge in [-0.1, -0.05) is 72.3 Å². The van der Waals surface area contributed by atoms with Gasteiger partial charge < -0.3 is 10.3 Å². The third-order valence-electron chi connectivity index (χ3n) is 4.96. The molecule has 5 rings (SSSR count). The van der Waals surface area contributed by atoms with Crippen LogP contribution in [0, 0.1) is 0 Å². The maximum absolute atomic E-state index is 12.9. The first-order chi connectivity index (χ1) is 13.7. The molecule has 2 heterocycles. The van der Waals surface area contributed by atoms with Crippen LogP contribution in [-0.2, 0) is 4.79 Å². The van der Waals surface area contributed by atoms with E-state index >= 15 is 0 Å². The molecular formula is C23H16ClN3O. The second kappa shape index (κ2) is 6.66. The van der Waals surface area contributed by atoms with Gasteiger partial charge in [0.1, 0.15) is 11.7 Å². The Morgan fingerprint density at radius 3 is 2.25 bits per heavy atom. The van der Waals surface area contributed by atoms with E-state index in [1.807, 2.05) is 72.8 Å². The molecule has 28 heavy (non-hydrogen) atoms. The number of H-pyrrole nitrogens is 1. The molecule has 0 fully saturated rings. The topological polar surface area (TPSA) is 57.8 Å². The molecule has 2 N–H and O–H groups in total. The van der Waals surface area contributed by atoms with Gasteiger partial charge >= 0.3 is 0 Å². The lowest BCUT2D eigenvalue weighted by molar-refractivity contribution is -0.116. The number of rotatable bonds is 3. The average Bonchev–Trinajstić information content (AvgIpc) is 3.29. The minimum absolute atomic E-state index is 0.0855. The number of anilines is 1. The summed E-state index contributed by atoms with van der Waals surface area (Å²) < 4.78 is 0. The predicted octanol–water partition coefficient (Wildman–Crippen LogP) is 5.48. The molecule has 136 valence electrons. The van der Waals surface area contributed by atoms with Crippen LogP contribution >= 0.6 is 11.6 Å². The smallest absolute Gasteiger partial charge is 0.238 e. The van der Waals surface area contributed by atoms with Gasteiger partial charge in [0, 0.05) is 21.8 Å². The first-order valence-corrected chi connectivity index (χ1v) is 9.39. The molecule has 3 aromatic carbocycles. The first kappa shape index (κ1) is 16.8. The van der Waals surface area contributed by atoms with Gasteiger partial charge in [-0.25, -0.2) is 4.98 Å². The molecule has 1 aliphatic rings. The summed E-state index contributed by atoms with van der Waals surface area (Å²) in [5, 5.41) is 3.56. The van der Waals surface area contributed by atoms with Crippen molar-refractivity contribution in [3.05, 3.63) is 95.1 Å². The highest BCUT2D eigenvalue weighted by Crippen LogP contribution is 2.42. The van der Waals surface area contributed by atoms with E-state index < -0.39 is 5.92 Å². The quantitative estimate of drug-likeness (QED) is 0.490. The van der Waals surface area contributed by atoms with Gasteiger partial charge in [0.05, 0.1) is 11.4 Å². The van der Waals surface area contributed by atoms with E-state index in [9.17, 15) is 4.79 Å². The zero-order chi connectivity index (χ0) is 19.1. The highest BCUT2D eigenvalue weighted by Gasteiger charge is 2.36. The van der Waals surface area contributed by atoms with Gasteiger partial charge in [0.25, 0.3) is 0 Å². The van der Waals surface area contributed by atoms with Crippen molar-refractivity contribution < 1.29 is 4.79 Å². The summed E-state index contributed by atoms with van der Waals surface area (Å²) in [4.78, 5) is 21.1. The molecule has 4 nitrogen and oxygen atoms in total. The molecule has 0 saturated carbocycles. The Hall–Kier alpha value is -3.37. The summed E-state index contributed by atoms with van der Waals surface area (Å²) in [6.45, 7) is 0. The number of amides is 1. The average molecular weight is 386 g/mol. The molecule has 1 unspecified atom stereocenters. The van der Waals surface area contributed by atoms with Gasteiger partial charge in [-0.2, -0.15) is 0 Å². The van der Waals surface area contributed by atoms with Crippen molar-refractivity contribution in [2.45, 2.75) is 5.92 Å². The SMILES string of the molecule is O=C1Nc2ccc(Cl)cc2C1c1[nH]c(-c2ccccc2)nc1-c1ccccc1. The lowest BCUT2D eigenvalue weighted by Gasteiger charge is -2.10. The van der Waals surface area contributed by atoms with Crippen molar-refractivity contribution in [3.63, 3.8) is 0 Å². The van der Waals surface area contributed by atoms with Crippen molar-refractivity contribution in [3.8, 4) is 22.6 Å². The molecule has 1 amide bonds. The zero-order valence-electron chi connectivity index (χ0n) is 14.8. The summed E-state index contributed by atoms with van der Waals surface area (Å²) in [6, 6.07) is 25.3. The van der Waals surface area contributed by atoms with Crippen LogP contribution in [0.3, 0.4) is 0 Å². The molecule has 1 atom stereocenters. The molecule has 1 aliphatic heterocycles. The fourth-order valence-corrected chi connectivity index (χ4v) is 3.84. The fourth-order valence-electron chi connectivity index (χ4n) is 3.66. The number of hydrogen-bond acceptors (Lipinski definition) is 2. The Balaban J connectivity index is 1.72. The Kier molecular flexibility index (Phi) is 3.99. The van der Waals surface area contributed by atoms with Crippen LogP contribution in [0.25, 0.3) is 22.6 Å². The molecule has 0 saturated heterocycles. The molecule has 0 bridgehead atoms. The van der Waals surface area contributed by atoms with Crippen molar-refractivity contribution in [2.24, 2.45) is 0 Å². The molecule has 4 aromatic rings. The Bertz CT molecular complexity index is 1170. The van der Waals surface area contributed by atoms with Crippen LogP contribution in [-0.4, -0.2) is 15.9 Å². The summed E-state index contributed by atoms with van der Waals surface area (Å²) in [7, 11) is 0. The molecule has 0 spiro atoms. The zero-order valence-corrected chi connectivity index (χ0v) is 15.6. The number of imidazole rings is 1. The number of aromatic amines is 1. The Morgan fingerprint density at radius 1 is 0.857 bits per heavy atom. The van der Waals surface area contributed by atoms with Gasteiger partial charge in [-0.3, -0.25) is 4.79 Å². The van der Waals surface area contributed by atoms with E-state index in [-0.39, 0.29) is 5.91 Å². The number of carbonyl (C=O) groups is 1.